The maximum absolute atomic E-state index is 12.9. The van der Waals surface area contributed by atoms with Crippen LogP contribution in [0.5, 0.6) is 5.75 Å². The Morgan fingerprint density at radius 2 is 1.85 bits per heavy atom. The Labute approximate surface area is 194 Å². The Balaban J connectivity index is 1.50. The highest BCUT2D eigenvalue weighted by Gasteiger charge is 2.36. The van der Waals surface area contributed by atoms with E-state index < -0.39 is 21.8 Å². The number of anilines is 2. The second kappa shape index (κ2) is 9.15. The van der Waals surface area contributed by atoms with Gasteiger partial charge in [-0.05, 0) is 60.7 Å². The van der Waals surface area contributed by atoms with Crippen molar-refractivity contribution in [1.29, 1.82) is 0 Å². The summed E-state index contributed by atoms with van der Waals surface area (Å²) in [5, 5.41) is 12.8. The first-order valence-electron chi connectivity index (χ1n) is 11.3. The molecule has 2 N–H and O–H groups in total. The molecule has 0 radical (unpaired) electrons. The van der Waals surface area contributed by atoms with Crippen LogP contribution in [0.3, 0.4) is 0 Å². The van der Waals surface area contributed by atoms with E-state index in [4.69, 9.17) is 0 Å². The topological polar surface area (TPSA) is 107 Å². The minimum Gasteiger partial charge on any atom is -0.506 e. The van der Waals surface area contributed by atoms with E-state index in [0.29, 0.717) is 13.1 Å². The number of sulfonamides is 1. The molecular weight excluding hydrogens is 442 g/mol. The molecule has 1 unspecified atom stereocenters. The quantitative estimate of drug-likeness (QED) is 0.604. The number of carbonyl (C=O) groups excluding carboxylic acids is 2. The third kappa shape index (κ3) is 4.47. The summed E-state index contributed by atoms with van der Waals surface area (Å²) >= 11 is 0. The number of fused-ring (bicyclic) bond motifs is 1. The summed E-state index contributed by atoms with van der Waals surface area (Å²) in [6, 6.07) is 9.84. The molecule has 0 aromatic heterocycles. The van der Waals surface area contributed by atoms with Gasteiger partial charge in [-0.3, -0.25) is 9.59 Å². The minimum atomic E-state index is -3.75. The molecule has 2 aromatic rings. The lowest BCUT2D eigenvalue weighted by atomic mass is 10.1. The maximum atomic E-state index is 12.9. The van der Waals surface area contributed by atoms with E-state index in [2.05, 4.69) is 11.4 Å². The Morgan fingerprint density at radius 1 is 1.12 bits per heavy atom. The number of rotatable bonds is 7. The largest absolute Gasteiger partial charge is 0.506 e. The van der Waals surface area contributed by atoms with Gasteiger partial charge >= 0.3 is 0 Å². The predicted octanol–water partition coefficient (Wildman–Crippen LogP) is 2.90. The van der Waals surface area contributed by atoms with E-state index in [1.54, 1.807) is 18.7 Å². The van der Waals surface area contributed by atoms with Gasteiger partial charge in [-0.1, -0.05) is 19.9 Å². The first kappa shape index (κ1) is 23.3. The lowest BCUT2D eigenvalue weighted by molar-refractivity contribution is -0.122. The van der Waals surface area contributed by atoms with Gasteiger partial charge in [-0.2, -0.15) is 4.31 Å². The lowest BCUT2D eigenvalue weighted by Gasteiger charge is -2.20. The first-order valence-corrected chi connectivity index (χ1v) is 12.7. The van der Waals surface area contributed by atoms with E-state index in [-0.39, 0.29) is 35.2 Å². The summed E-state index contributed by atoms with van der Waals surface area (Å²) in [5.41, 5.74) is 3.38. The van der Waals surface area contributed by atoms with Crippen LogP contribution in [0.25, 0.3) is 0 Å². The lowest BCUT2D eigenvalue weighted by Crippen LogP contribution is -2.31. The van der Waals surface area contributed by atoms with Gasteiger partial charge in [0.1, 0.15) is 5.75 Å². The molecule has 1 aliphatic heterocycles. The number of nitrogens with one attached hydrogen (secondary N) is 1. The second-order valence-electron chi connectivity index (χ2n) is 8.47. The Kier molecular flexibility index (Phi) is 6.45. The average Bonchev–Trinajstić information content (AvgIpc) is 3.41. The van der Waals surface area contributed by atoms with Gasteiger partial charge in [0.25, 0.3) is 0 Å². The molecule has 9 heteroatoms. The van der Waals surface area contributed by atoms with Crippen molar-refractivity contribution in [2.75, 3.05) is 29.9 Å². The fourth-order valence-corrected chi connectivity index (χ4v) is 6.07. The van der Waals surface area contributed by atoms with Gasteiger partial charge in [-0.15, -0.1) is 0 Å². The van der Waals surface area contributed by atoms with E-state index in [0.717, 1.165) is 24.9 Å². The highest BCUT2D eigenvalue weighted by atomic mass is 32.2. The second-order valence-corrected chi connectivity index (χ2v) is 10.4. The highest BCUT2D eigenvalue weighted by Crippen LogP contribution is 2.32. The molecule has 0 saturated carbocycles. The molecule has 4 rings (SSSR count). The van der Waals surface area contributed by atoms with Crippen LogP contribution in [0.2, 0.25) is 0 Å². The molecule has 33 heavy (non-hydrogen) atoms. The van der Waals surface area contributed by atoms with Crippen molar-refractivity contribution < 1.29 is 23.1 Å². The van der Waals surface area contributed by atoms with Crippen LogP contribution in [0.1, 0.15) is 37.8 Å². The molecule has 176 valence electrons. The van der Waals surface area contributed by atoms with E-state index in [9.17, 15) is 23.1 Å². The Hall–Kier alpha value is -2.91. The van der Waals surface area contributed by atoms with Gasteiger partial charge in [0, 0.05) is 31.7 Å². The third-order valence-electron chi connectivity index (χ3n) is 6.46. The number of carbonyl (C=O) groups is 2. The summed E-state index contributed by atoms with van der Waals surface area (Å²) in [6.07, 6.45) is 3.23. The van der Waals surface area contributed by atoms with Gasteiger partial charge in [0.15, 0.2) is 0 Å². The van der Waals surface area contributed by atoms with E-state index >= 15 is 0 Å². The monoisotopic (exact) mass is 471 g/mol. The molecule has 2 aliphatic rings. The van der Waals surface area contributed by atoms with Crippen molar-refractivity contribution >= 4 is 33.2 Å². The smallest absolute Gasteiger partial charge is 0.243 e. The molecule has 1 fully saturated rings. The van der Waals surface area contributed by atoms with Gasteiger partial charge in [-0.25, -0.2) is 8.42 Å². The number of aryl methyl sites for hydroxylation is 2. The zero-order valence-corrected chi connectivity index (χ0v) is 19.7. The SMILES string of the molecule is CCN(CC)S(=O)(=O)c1ccc(O)c(NC(=O)C2CC(=O)N(c3ccc4c(c3)CCC4)C2)c1. The number of hydrogen-bond acceptors (Lipinski definition) is 5. The molecule has 2 amide bonds. The number of hydrogen-bond donors (Lipinski definition) is 2. The number of phenols is 1. The van der Waals surface area contributed by atoms with Crippen molar-refractivity contribution in [2.24, 2.45) is 5.92 Å². The van der Waals surface area contributed by atoms with Crippen LogP contribution in [0.4, 0.5) is 11.4 Å². The van der Waals surface area contributed by atoms with Crippen LogP contribution in [0, 0.1) is 5.92 Å². The molecule has 0 bridgehead atoms. The molecule has 0 spiro atoms. The number of aromatic hydroxyl groups is 1. The van der Waals surface area contributed by atoms with Crippen LogP contribution < -0.4 is 10.2 Å². The van der Waals surface area contributed by atoms with Crippen LogP contribution in [0.15, 0.2) is 41.3 Å². The van der Waals surface area contributed by atoms with Crippen molar-refractivity contribution in [3.63, 3.8) is 0 Å². The highest BCUT2D eigenvalue weighted by molar-refractivity contribution is 7.89. The van der Waals surface area contributed by atoms with Crippen molar-refractivity contribution in [1.82, 2.24) is 4.31 Å². The number of phenolic OH excluding ortho intramolecular Hbond substituents is 1. The summed E-state index contributed by atoms with van der Waals surface area (Å²) < 4.78 is 26.9. The van der Waals surface area contributed by atoms with E-state index in [1.165, 1.54) is 33.6 Å². The van der Waals surface area contributed by atoms with Crippen LogP contribution in [-0.4, -0.2) is 49.3 Å². The Bertz CT molecular complexity index is 1190. The number of amides is 2. The average molecular weight is 472 g/mol. The molecular formula is C24H29N3O5S. The third-order valence-corrected chi connectivity index (χ3v) is 8.50. The number of nitrogens with zero attached hydrogens (tertiary/aromatic N) is 2. The van der Waals surface area contributed by atoms with Gasteiger partial charge in [0.2, 0.25) is 21.8 Å². The normalized spacial score (nSPS) is 18.1. The Morgan fingerprint density at radius 3 is 2.58 bits per heavy atom. The van der Waals surface area contributed by atoms with Crippen molar-refractivity contribution in [3.05, 3.63) is 47.5 Å². The standard InChI is InChI=1S/C24H29N3O5S/c1-3-26(4-2)33(31,32)20-10-11-22(28)21(14-20)25-24(30)18-13-23(29)27(15-18)19-9-8-16-6-5-7-17(16)12-19/h8-12,14,18,28H,3-7,13,15H2,1-2H3,(H,25,30). The summed E-state index contributed by atoms with van der Waals surface area (Å²) in [6.45, 7) is 4.35. The first-order chi connectivity index (χ1) is 15.7. The van der Waals surface area contributed by atoms with Gasteiger partial charge < -0.3 is 15.3 Å². The fraction of sp³-hybridized carbons (Fsp3) is 0.417. The molecule has 1 atom stereocenters. The van der Waals surface area contributed by atoms with Crippen LogP contribution in [-0.2, 0) is 32.5 Å². The zero-order chi connectivity index (χ0) is 23.8. The van der Waals surface area contributed by atoms with Crippen LogP contribution >= 0.6 is 0 Å². The van der Waals surface area contributed by atoms with Crippen molar-refractivity contribution in [2.45, 2.75) is 44.4 Å². The molecule has 1 aliphatic carbocycles. The maximum Gasteiger partial charge on any atom is 0.243 e. The predicted molar refractivity (Wildman–Crippen MR) is 126 cm³/mol. The molecule has 1 saturated heterocycles. The summed E-state index contributed by atoms with van der Waals surface area (Å²) in [7, 11) is -3.75. The molecule has 8 nitrogen and oxygen atoms in total. The number of benzene rings is 2. The molecule has 1 heterocycles. The van der Waals surface area contributed by atoms with Crippen molar-refractivity contribution in [3.8, 4) is 5.75 Å². The van der Waals surface area contributed by atoms with E-state index in [1.807, 2.05) is 12.1 Å². The summed E-state index contributed by atoms with van der Waals surface area (Å²) in [4.78, 5) is 27.2. The zero-order valence-electron chi connectivity index (χ0n) is 18.9. The summed E-state index contributed by atoms with van der Waals surface area (Å²) in [5.74, 6) is -1.40. The molecule has 2 aromatic carbocycles. The van der Waals surface area contributed by atoms with Gasteiger partial charge in [0.05, 0.1) is 16.5 Å². The minimum absolute atomic E-state index is 0.0108. The fourth-order valence-electron chi connectivity index (χ4n) is 4.58.